The van der Waals surface area contributed by atoms with Crippen LogP contribution in [0.4, 0.5) is 0 Å². The van der Waals surface area contributed by atoms with Gasteiger partial charge in [0.25, 0.3) is 0 Å². The van der Waals surface area contributed by atoms with E-state index in [1.807, 2.05) is 49.5 Å². The standard InChI is InChI=1S/C49H77NO16/c1-29-19-17-15-13-11-9-7-8-10-12-14-16-18-20-37(65-48-47(61)44(50-6)46(60)33(5)64-48)26-41-43(31(3)51)40(57)28-49(62,66-41)27-36(54)24-39(56)38(55)22-21-34(52)23-35(53)25-42(58)63-32(4)30(2)45(29)59/h7-20,29-30,32-41,43-48,50,52-57,59-62H,21-28H2,1-6H3/t29-,30?,32-,33+,34+,35+,36-,37-,38+,39+,40-,41?,43?,44-,45+,46+,47-,48?,49+/m0/s1. The highest BCUT2D eigenvalue weighted by Crippen LogP contribution is 2.38. The van der Waals surface area contributed by atoms with Crippen LogP contribution in [0.3, 0.4) is 0 Å². The summed E-state index contributed by atoms with van der Waals surface area (Å²) in [6.07, 6.45) is 6.08. The summed E-state index contributed by atoms with van der Waals surface area (Å²) in [6, 6.07) is -0.807. The van der Waals surface area contributed by atoms with Gasteiger partial charge in [-0.25, -0.2) is 0 Å². The fraction of sp³-hybridized carbons (Fsp3) is 0.673. The summed E-state index contributed by atoms with van der Waals surface area (Å²) in [5, 5.41) is 112. The molecular weight excluding hydrogens is 859 g/mol. The first-order valence-corrected chi connectivity index (χ1v) is 23.0. The lowest BCUT2D eigenvalue weighted by atomic mass is 9.81. The zero-order valence-electron chi connectivity index (χ0n) is 39.1. The molecule has 0 spiro atoms. The number of fused-ring (bicyclic) bond motifs is 2. The number of hydrogen-bond acceptors (Lipinski definition) is 17. The number of ketones is 1. The zero-order valence-corrected chi connectivity index (χ0v) is 39.1. The van der Waals surface area contributed by atoms with Crippen LogP contribution in [0.15, 0.2) is 85.1 Å². The van der Waals surface area contributed by atoms with Crippen molar-refractivity contribution in [3.05, 3.63) is 85.1 Å². The quantitative estimate of drug-likeness (QED) is 0.178. The van der Waals surface area contributed by atoms with Crippen molar-refractivity contribution in [2.24, 2.45) is 17.8 Å². The predicted molar refractivity (Wildman–Crippen MR) is 245 cm³/mol. The lowest BCUT2D eigenvalue weighted by Crippen LogP contribution is -2.62. The number of carbonyl (C=O) groups excluding carboxylic acids is 2. The molecule has 0 amide bonds. The fourth-order valence-electron chi connectivity index (χ4n) is 8.49. The third-order valence-corrected chi connectivity index (χ3v) is 12.5. The van der Waals surface area contributed by atoms with Gasteiger partial charge in [0.2, 0.25) is 0 Å². The third kappa shape index (κ3) is 18.7. The van der Waals surface area contributed by atoms with Crippen molar-refractivity contribution in [3.63, 3.8) is 0 Å². The van der Waals surface area contributed by atoms with Gasteiger partial charge in [-0.3, -0.25) is 9.59 Å². The van der Waals surface area contributed by atoms with Gasteiger partial charge in [-0.2, -0.15) is 0 Å². The minimum Gasteiger partial charge on any atom is -0.462 e. The number of rotatable bonds is 4. The number of nitrogens with one attached hydrogen (secondary N) is 1. The number of aliphatic hydroxyl groups excluding tert-OH is 9. The highest BCUT2D eigenvalue weighted by Gasteiger charge is 2.50. The van der Waals surface area contributed by atoms with Crippen LogP contribution in [0.5, 0.6) is 0 Å². The number of carbonyl (C=O) groups is 2. The van der Waals surface area contributed by atoms with Crippen LogP contribution in [0.1, 0.15) is 86.0 Å². The Balaban J connectivity index is 1.87. The molecule has 374 valence electrons. The first-order chi connectivity index (χ1) is 31.2. The summed E-state index contributed by atoms with van der Waals surface area (Å²) in [7, 11) is 1.57. The average molecular weight is 936 g/mol. The van der Waals surface area contributed by atoms with Gasteiger partial charge >= 0.3 is 5.97 Å². The summed E-state index contributed by atoms with van der Waals surface area (Å²) in [5.41, 5.74) is 0. The molecule has 19 atom stereocenters. The highest BCUT2D eigenvalue weighted by atomic mass is 16.7. The Morgan fingerprint density at radius 1 is 0.667 bits per heavy atom. The van der Waals surface area contributed by atoms with Crippen molar-refractivity contribution in [3.8, 4) is 0 Å². The van der Waals surface area contributed by atoms with Crippen LogP contribution in [0, 0.1) is 17.8 Å². The van der Waals surface area contributed by atoms with E-state index in [9.17, 15) is 60.7 Å². The van der Waals surface area contributed by atoms with Crippen LogP contribution in [-0.2, 0) is 28.5 Å². The van der Waals surface area contributed by atoms with Gasteiger partial charge in [-0.1, -0.05) is 98.9 Å². The van der Waals surface area contributed by atoms with E-state index in [1.54, 1.807) is 70.4 Å². The van der Waals surface area contributed by atoms with Crippen molar-refractivity contribution in [2.75, 3.05) is 7.05 Å². The van der Waals surface area contributed by atoms with Gasteiger partial charge in [0, 0.05) is 37.5 Å². The Morgan fingerprint density at radius 2 is 1.24 bits per heavy atom. The monoisotopic (exact) mass is 936 g/mol. The Bertz CT molecular complexity index is 1680. The number of cyclic esters (lactones) is 1. The van der Waals surface area contributed by atoms with E-state index in [2.05, 4.69) is 5.32 Å². The maximum absolute atomic E-state index is 13.0. The second-order valence-corrected chi connectivity index (χ2v) is 18.1. The summed E-state index contributed by atoms with van der Waals surface area (Å²) in [4.78, 5) is 25.6. The van der Waals surface area contributed by atoms with Crippen molar-refractivity contribution < 1.29 is 79.6 Å². The molecular formula is C49H77NO16. The maximum Gasteiger partial charge on any atom is 0.308 e. The van der Waals surface area contributed by atoms with E-state index >= 15 is 0 Å². The molecule has 0 aromatic carbocycles. The van der Waals surface area contributed by atoms with Crippen molar-refractivity contribution in [1.82, 2.24) is 5.32 Å². The minimum absolute atomic E-state index is 0.0798. The molecule has 2 saturated heterocycles. The van der Waals surface area contributed by atoms with Gasteiger partial charge in [0.1, 0.15) is 18.0 Å². The second kappa shape index (κ2) is 28.3. The Kier molecular flexibility index (Phi) is 24.5. The summed E-state index contributed by atoms with van der Waals surface area (Å²) < 4.78 is 23.7. The third-order valence-electron chi connectivity index (χ3n) is 12.5. The Hall–Kier alpha value is -3.24. The summed E-state index contributed by atoms with van der Waals surface area (Å²) in [5.74, 6) is -5.20. The lowest BCUT2D eigenvalue weighted by molar-refractivity contribution is -0.307. The van der Waals surface area contributed by atoms with Crippen LogP contribution >= 0.6 is 0 Å². The van der Waals surface area contributed by atoms with E-state index in [4.69, 9.17) is 18.9 Å². The van der Waals surface area contributed by atoms with E-state index in [0.29, 0.717) is 0 Å². The summed E-state index contributed by atoms with van der Waals surface area (Å²) >= 11 is 0. The maximum atomic E-state index is 13.0. The van der Waals surface area contributed by atoms with Crippen LogP contribution in [-0.4, -0.2) is 167 Å². The molecule has 0 aromatic rings. The molecule has 17 heteroatoms. The number of hydrogen-bond donors (Lipinski definition) is 11. The van der Waals surface area contributed by atoms with Gasteiger partial charge < -0.3 is 75.3 Å². The van der Waals surface area contributed by atoms with Gasteiger partial charge in [0.15, 0.2) is 12.1 Å². The first kappa shape index (κ1) is 57.1. The molecule has 3 aliphatic heterocycles. The zero-order chi connectivity index (χ0) is 49.1. The lowest BCUT2D eigenvalue weighted by Gasteiger charge is -2.46. The molecule has 2 fully saturated rings. The molecule has 17 nitrogen and oxygen atoms in total. The molecule has 0 aromatic heterocycles. The molecule has 3 heterocycles. The Morgan fingerprint density at radius 3 is 1.82 bits per heavy atom. The fourth-order valence-corrected chi connectivity index (χ4v) is 8.49. The minimum atomic E-state index is -2.21. The van der Waals surface area contributed by atoms with Crippen molar-refractivity contribution >= 4 is 11.8 Å². The number of ether oxygens (including phenoxy) is 4. The number of Topliss-reactive ketones (excluding diaryl/α,β-unsaturated/α-hetero) is 1. The SMILES string of the molecule is CN[C@H]1[C@H](O)[C@@H](C)OC(O[C@H]2C=CC=CC=CC=CC=CC=CC=C[C@H](C)[C@@H](O)C(C)[C@H](C)OC(=O)C[C@H](O)C[C@H](O)CC[C@@H](O)[C@H](O)C[C@H](O)C[C@]3(O)C[C@H](O)C(C(C)=O)C(C2)O3)[C@H]1O. The molecule has 2 bridgehead atoms. The smallest absolute Gasteiger partial charge is 0.308 e. The second-order valence-electron chi connectivity index (χ2n) is 18.1. The van der Waals surface area contributed by atoms with Crippen LogP contribution < -0.4 is 5.32 Å². The van der Waals surface area contributed by atoms with Gasteiger partial charge in [0.05, 0.1) is 85.5 Å². The topological polar surface area (TPSA) is 285 Å². The predicted octanol–water partition coefficient (Wildman–Crippen LogP) is 1.48. The van der Waals surface area contributed by atoms with Gasteiger partial charge in [-0.05, 0) is 47.1 Å². The van der Waals surface area contributed by atoms with Gasteiger partial charge in [-0.15, -0.1) is 0 Å². The normalized spacial score (nSPS) is 41.6. The molecule has 11 N–H and O–H groups in total. The van der Waals surface area contributed by atoms with E-state index in [1.165, 1.54) is 6.92 Å². The summed E-state index contributed by atoms with van der Waals surface area (Å²) in [6.45, 7) is 8.14. The first-order valence-electron chi connectivity index (χ1n) is 23.0. The van der Waals surface area contributed by atoms with E-state index in [-0.39, 0.29) is 31.6 Å². The van der Waals surface area contributed by atoms with E-state index < -0.39 is 147 Å². The van der Waals surface area contributed by atoms with Crippen molar-refractivity contribution in [2.45, 2.75) is 183 Å². The number of aliphatic hydroxyl groups is 10. The number of likely N-dealkylation sites (N-methyl/N-ethyl adjacent to an activating group) is 1. The molecule has 4 unspecified atom stereocenters. The Labute approximate surface area is 389 Å². The van der Waals surface area contributed by atoms with E-state index in [0.717, 1.165) is 0 Å². The number of allylic oxidation sites excluding steroid dienone is 12. The molecule has 66 heavy (non-hydrogen) atoms. The largest absolute Gasteiger partial charge is 0.462 e. The highest BCUT2D eigenvalue weighted by molar-refractivity contribution is 5.79. The van der Waals surface area contributed by atoms with Crippen LogP contribution in [0.25, 0.3) is 0 Å². The molecule has 0 aliphatic carbocycles. The average Bonchev–Trinajstić information content (AvgIpc) is 3.23. The number of esters is 1. The van der Waals surface area contributed by atoms with Crippen molar-refractivity contribution in [1.29, 1.82) is 0 Å². The molecule has 3 aliphatic rings. The molecule has 0 radical (unpaired) electrons. The molecule has 3 rings (SSSR count). The van der Waals surface area contributed by atoms with Crippen LogP contribution in [0.2, 0.25) is 0 Å². The molecule has 0 saturated carbocycles.